The molecule has 0 saturated carbocycles. The Hall–Kier alpha value is 0.150. The van der Waals surface area contributed by atoms with Crippen molar-refractivity contribution >= 4 is 29.1 Å². The van der Waals surface area contributed by atoms with Gasteiger partial charge >= 0.3 is 0 Å². The maximum Gasteiger partial charge on any atom is 0.0584 e. The highest BCUT2D eigenvalue weighted by Gasteiger charge is 2.01. The highest BCUT2D eigenvalue weighted by molar-refractivity contribution is 7.99. The minimum Gasteiger partial charge on any atom is -0.232 e. The first-order valence-corrected chi connectivity index (χ1v) is 5.11. The van der Waals surface area contributed by atoms with E-state index in [1.165, 1.54) is 6.42 Å². The molecule has 0 N–H and O–H groups in total. The summed E-state index contributed by atoms with van der Waals surface area (Å²) in [6, 6.07) is 0. The summed E-state index contributed by atoms with van der Waals surface area (Å²) in [4.78, 5) is 3.86. The lowest BCUT2D eigenvalue weighted by Gasteiger charge is -2.07. The molecule has 0 amide bonds. The van der Waals surface area contributed by atoms with Gasteiger partial charge in [0.15, 0.2) is 0 Å². The third-order valence-corrected chi connectivity index (χ3v) is 2.78. The van der Waals surface area contributed by atoms with Gasteiger partial charge in [0.25, 0.3) is 0 Å². The molecule has 0 aliphatic heterocycles. The van der Waals surface area contributed by atoms with Crippen LogP contribution in [0.2, 0.25) is 0 Å². The second-order valence-corrected chi connectivity index (χ2v) is 3.35. The summed E-state index contributed by atoms with van der Waals surface area (Å²) in [6.07, 6.45) is 4.48. The van der Waals surface area contributed by atoms with E-state index < -0.39 is 0 Å². The molecule has 1 nitrogen and oxygen atoms in total. The number of isothiocyanates is 1. The number of thioether (sulfide) groups is 1. The molecule has 0 aliphatic rings. The first kappa shape index (κ1) is 10.2. The van der Waals surface area contributed by atoms with Gasteiger partial charge in [-0.15, -0.1) is 0 Å². The van der Waals surface area contributed by atoms with Crippen molar-refractivity contribution in [3.63, 3.8) is 0 Å². The minimum atomic E-state index is 0.743. The zero-order valence-electron chi connectivity index (χ0n) is 6.46. The molecule has 0 fully saturated rings. The van der Waals surface area contributed by atoms with E-state index in [0.29, 0.717) is 0 Å². The van der Waals surface area contributed by atoms with Gasteiger partial charge < -0.3 is 0 Å². The van der Waals surface area contributed by atoms with Crippen LogP contribution in [0.15, 0.2) is 4.99 Å². The van der Waals surface area contributed by atoms with Gasteiger partial charge in [-0.05, 0) is 31.3 Å². The van der Waals surface area contributed by atoms with Crippen molar-refractivity contribution in [2.75, 3.05) is 12.8 Å². The van der Waals surface area contributed by atoms with E-state index in [2.05, 4.69) is 35.6 Å². The predicted octanol–water partition coefficient (Wildman–Crippen LogP) is 2.62. The Bertz CT molecular complexity index is 115. The maximum absolute atomic E-state index is 4.45. The lowest BCUT2D eigenvalue weighted by molar-refractivity contribution is 0.750. The molecule has 10 heavy (non-hydrogen) atoms. The molecule has 0 aromatic rings. The Morgan fingerprint density at radius 2 is 2.40 bits per heavy atom. The summed E-state index contributed by atoms with van der Waals surface area (Å²) >= 11 is 6.35. The van der Waals surface area contributed by atoms with Crippen molar-refractivity contribution in [1.29, 1.82) is 0 Å². The molecule has 0 heterocycles. The molecule has 0 aromatic carbocycles. The van der Waals surface area contributed by atoms with E-state index in [1.54, 1.807) is 0 Å². The predicted molar refractivity (Wildman–Crippen MR) is 52.1 cm³/mol. The Kier molecular flexibility index (Phi) is 7.37. The lowest BCUT2D eigenvalue weighted by atomic mass is 10.2. The fraction of sp³-hybridized carbons (Fsp3) is 0.857. The Labute approximate surface area is 72.3 Å². The van der Waals surface area contributed by atoms with E-state index in [4.69, 9.17) is 0 Å². The maximum atomic E-state index is 4.45. The second-order valence-electron chi connectivity index (χ2n) is 2.03. The molecule has 3 heteroatoms. The quantitative estimate of drug-likeness (QED) is 0.470. The van der Waals surface area contributed by atoms with Gasteiger partial charge in [0.1, 0.15) is 0 Å². The van der Waals surface area contributed by atoms with Gasteiger partial charge in [0.05, 0.1) is 11.7 Å². The average Bonchev–Trinajstić information content (AvgIpc) is 1.99. The Morgan fingerprint density at radius 1 is 1.70 bits per heavy atom. The van der Waals surface area contributed by atoms with Gasteiger partial charge in [0, 0.05) is 5.25 Å². The number of rotatable bonds is 5. The third-order valence-electron chi connectivity index (χ3n) is 1.42. The van der Waals surface area contributed by atoms with Crippen LogP contribution < -0.4 is 0 Å². The van der Waals surface area contributed by atoms with Crippen LogP contribution in [0.5, 0.6) is 0 Å². The van der Waals surface area contributed by atoms with E-state index in [0.717, 1.165) is 18.2 Å². The molecule has 0 radical (unpaired) electrons. The number of nitrogens with zero attached hydrogens (tertiary/aromatic N) is 1. The lowest BCUT2D eigenvalue weighted by Crippen LogP contribution is -2.01. The minimum absolute atomic E-state index is 0.743. The van der Waals surface area contributed by atoms with Crippen LogP contribution in [0.4, 0.5) is 0 Å². The normalized spacial score (nSPS) is 12.2. The summed E-state index contributed by atoms with van der Waals surface area (Å²) in [5, 5.41) is 3.11. The van der Waals surface area contributed by atoms with Crippen LogP contribution in [-0.4, -0.2) is 23.2 Å². The van der Waals surface area contributed by atoms with E-state index in [1.807, 2.05) is 11.8 Å². The molecule has 0 rings (SSSR count). The third kappa shape index (κ3) is 4.98. The van der Waals surface area contributed by atoms with Crippen LogP contribution in [0.3, 0.4) is 0 Å². The molecule has 58 valence electrons. The van der Waals surface area contributed by atoms with Gasteiger partial charge in [0.2, 0.25) is 0 Å². The van der Waals surface area contributed by atoms with Crippen molar-refractivity contribution in [3.8, 4) is 0 Å². The molecule has 0 aliphatic carbocycles. The first-order chi connectivity index (χ1) is 4.85. The highest BCUT2D eigenvalue weighted by Crippen LogP contribution is 2.13. The molecule has 0 saturated heterocycles. The van der Waals surface area contributed by atoms with E-state index >= 15 is 0 Å². The Balaban J connectivity index is 3.34. The zero-order chi connectivity index (χ0) is 7.82. The molecule has 1 unspecified atom stereocenters. The van der Waals surface area contributed by atoms with Crippen molar-refractivity contribution in [3.05, 3.63) is 0 Å². The largest absolute Gasteiger partial charge is 0.232 e. The molecule has 0 bridgehead atoms. The van der Waals surface area contributed by atoms with Crippen LogP contribution in [0, 0.1) is 0 Å². The molecule has 0 spiro atoms. The highest BCUT2D eigenvalue weighted by atomic mass is 32.2. The molecule has 0 aromatic heterocycles. The first-order valence-electron chi connectivity index (χ1n) is 3.41. The second kappa shape index (κ2) is 7.26. The van der Waals surface area contributed by atoms with Gasteiger partial charge in [-0.1, -0.05) is 6.92 Å². The average molecular weight is 175 g/mol. The van der Waals surface area contributed by atoms with Crippen molar-refractivity contribution in [2.24, 2.45) is 4.99 Å². The number of hydrogen-bond acceptors (Lipinski definition) is 3. The van der Waals surface area contributed by atoms with Crippen LogP contribution in [0.1, 0.15) is 19.8 Å². The van der Waals surface area contributed by atoms with Crippen LogP contribution in [-0.2, 0) is 0 Å². The van der Waals surface area contributed by atoms with Crippen LogP contribution >= 0.6 is 24.0 Å². The molecular formula is C7H13NS2. The monoisotopic (exact) mass is 175 g/mol. The summed E-state index contributed by atoms with van der Waals surface area (Å²) in [5.74, 6) is 0. The smallest absolute Gasteiger partial charge is 0.0584 e. The van der Waals surface area contributed by atoms with Crippen molar-refractivity contribution in [1.82, 2.24) is 0 Å². The standard InChI is InChI=1S/C7H13NS2/c1-3-7(10-2)4-5-8-6-9/h7H,3-5H2,1-2H3. The van der Waals surface area contributed by atoms with E-state index in [9.17, 15) is 0 Å². The van der Waals surface area contributed by atoms with Gasteiger partial charge in [-0.3, -0.25) is 0 Å². The fourth-order valence-electron chi connectivity index (χ4n) is 0.743. The zero-order valence-corrected chi connectivity index (χ0v) is 8.10. The number of thiocarbonyl (C=S) groups is 1. The molecule has 1 atom stereocenters. The number of aliphatic imine (C=N–C) groups is 1. The fourth-order valence-corrected chi connectivity index (χ4v) is 1.51. The van der Waals surface area contributed by atoms with Gasteiger partial charge in [-0.2, -0.15) is 11.8 Å². The van der Waals surface area contributed by atoms with Crippen molar-refractivity contribution in [2.45, 2.75) is 25.0 Å². The van der Waals surface area contributed by atoms with Crippen LogP contribution in [0.25, 0.3) is 0 Å². The molecular weight excluding hydrogens is 162 g/mol. The SMILES string of the molecule is CCC(CCN=C=S)SC. The summed E-state index contributed by atoms with van der Waals surface area (Å²) in [6.45, 7) is 3.03. The number of hydrogen-bond donors (Lipinski definition) is 0. The summed E-state index contributed by atoms with van der Waals surface area (Å²) in [5.41, 5.74) is 0. The Morgan fingerprint density at radius 3 is 2.80 bits per heavy atom. The topological polar surface area (TPSA) is 12.4 Å². The van der Waals surface area contributed by atoms with Gasteiger partial charge in [-0.25, -0.2) is 4.99 Å². The summed E-state index contributed by atoms with van der Waals surface area (Å²) < 4.78 is 0. The van der Waals surface area contributed by atoms with E-state index in [-0.39, 0.29) is 0 Å². The summed E-state index contributed by atoms with van der Waals surface area (Å²) in [7, 11) is 0. The van der Waals surface area contributed by atoms with Crippen molar-refractivity contribution < 1.29 is 0 Å².